The van der Waals surface area contributed by atoms with Crippen LogP contribution in [0.15, 0.2) is 30.5 Å². The molecule has 0 saturated heterocycles. The van der Waals surface area contributed by atoms with Gasteiger partial charge in [0.1, 0.15) is 0 Å². The highest BCUT2D eigenvalue weighted by molar-refractivity contribution is 5.94. The third-order valence-corrected chi connectivity index (χ3v) is 4.39. The largest absolute Gasteiger partial charge is 0.351 e. The standard InChI is InChI=1S/C20H27N5O4/c1-3-28-18(29-4-2)13-25-12-17(23-24-25)20(27)21-11-14-5-7-15(8-6-14)19(26)22-16-9-10-16/h5-8,12,16,18H,3-4,9-11,13H2,1-2H3,(H,21,27)(H,22,26). The summed E-state index contributed by atoms with van der Waals surface area (Å²) in [4.78, 5) is 24.3. The van der Waals surface area contributed by atoms with Crippen molar-refractivity contribution in [2.75, 3.05) is 13.2 Å². The van der Waals surface area contributed by atoms with Gasteiger partial charge >= 0.3 is 0 Å². The van der Waals surface area contributed by atoms with Crippen LogP contribution in [0.4, 0.5) is 0 Å². The highest BCUT2D eigenvalue weighted by atomic mass is 16.7. The highest BCUT2D eigenvalue weighted by Crippen LogP contribution is 2.19. The fourth-order valence-corrected chi connectivity index (χ4v) is 2.71. The Labute approximate surface area is 169 Å². The van der Waals surface area contributed by atoms with Crippen LogP contribution in [0.5, 0.6) is 0 Å². The summed E-state index contributed by atoms with van der Waals surface area (Å²) in [6.07, 6.45) is 3.24. The molecule has 0 atom stereocenters. The Morgan fingerprint density at radius 3 is 2.45 bits per heavy atom. The topological polar surface area (TPSA) is 107 Å². The number of aromatic nitrogens is 3. The van der Waals surface area contributed by atoms with Crippen molar-refractivity contribution >= 4 is 11.8 Å². The molecule has 1 aliphatic carbocycles. The van der Waals surface area contributed by atoms with E-state index in [1.807, 2.05) is 26.0 Å². The fraction of sp³-hybridized carbons (Fsp3) is 0.500. The minimum absolute atomic E-state index is 0.0582. The molecule has 3 rings (SSSR count). The molecule has 29 heavy (non-hydrogen) atoms. The van der Waals surface area contributed by atoms with Crippen LogP contribution in [0, 0.1) is 0 Å². The predicted octanol–water partition coefficient (Wildman–Crippen LogP) is 1.50. The van der Waals surface area contributed by atoms with Crippen LogP contribution >= 0.6 is 0 Å². The number of carbonyl (C=O) groups excluding carboxylic acids is 2. The van der Waals surface area contributed by atoms with E-state index in [0.717, 1.165) is 18.4 Å². The van der Waals surface area contributed by atoms with Crippen LogP contribution in [0.25, 0.3) is 0 Å². The molecule has 1 saturated carbocycles. The van der Waals surface area contributed by atoms with Gasteiger partial charge in [-0.1, -0.05) is 17.3 Å². The number of ether oxygens (including phenoxy) is 2. The Balaban J connectivity index is 1.49. The minimum Gasteiger partial charge on any atom is -0.351 e. The van der Waals surface area contributed by atoms with Crippen molar-refractivity contribution in [1.82, 2.24) is 25.6 Å². The molecule has 156 valence electrons. The summed E-state index contributed by atoms with van der Waals surface area (Å²) in [7, 11) is 0. The zero-order chi connectivity index (χ0) is 20.6. The maximum absolute atomic E-state index is 12.3. The molecule has 2 amide bonds. The Morgan fingerprint density at radius 1 is 1.14 bits per heavy atom. The molecule has 1 aliphatic rings. The normalized spacial score (nSPS) is 13.5. The van der Waals surface area contributed by atoms with E-state index in [1.54, 1.807) is 18.3 Å². The molecule has 9 heteroatoms. The highest BCUT2D eigenvalue weighted by Gasteiger charge is 2.23. The first-order valence-corrected chi connectivity index (χ1v) is 9.90. The first kappa shape index (κ1) is 20.9. The molecule has 0 bridgehead atoms. The van der Waals surface area contributed by atoms with Crippen LogP contribution in [0.3, 0.4) is 0 Å². The van der Waals surface area contributed by atoms with E-state index >= 15 is 0 Å². The van der Waals surface area contributed by atoms with Gasteiger partial charge in [0.15, 0.2) is 12.0 Å². The summed E-state index contributed by atoms with van der Waals surface area (Å²) in [6.45, 7) is 5.50. The molecule has 2 N–H and O–H groups in total. The van der Waals surface area contributed by atoms with Crippen LogP contribution < -0.4 is 10.6 Å². The average molecular weight is 401 g/mol. The number of nitrogens with one attached hydrogen (secondary N) is 2. The van der Waals surface area contributed by atoms with Gasteiger partial charge in [0.25, 0.3) is 11.8 Å². The molecule has 1 fully saturated rings. The summed E-state index contributed by atoms with van der Waals surface area (Å²) < 4.78 is 12.5. The van der Waals surface area contributed by atoms with Gasteiger partial charge in [-0.15, -0.1) is 5.10 Å². The number of benzene rings is 1. The van der Waals surface area contributed by atoms with Crippen molar-refractivity contribution in [1.29, 1.82) is 0 Å². The Hall–Kier alpha value is -2.78. The number of nitrogens with zero attached hydrogens (tertiary/aromatic N) is 3. The molecular weight excluding hydrogens is 374 g/mol. The quantitative estimate of drug-likeness (QED) is 0.553. The smallest absolute Gasteiger partial charge is 0.273 e. The van der Waals surface area contributed by atoms with Gasteiger partial charge in [0.2, 0.25) is 0 Å². The van der Waals surface area contributed by atoms with Gasteiger partial charge in [0.05, 0.1) is 12.7 Å². The molecular formula is C20H27N5O4. The van der Waals surface area contributed by atoms with E-state index in [1.165, 1.54) is 4.68 Å². The summed E-state index contributed by atoms with van der Waals surface area (Å²) in [6, 6.07) is 7.50. The van der Waals surface area contributed by atoms with E-state index in [0.29, 0.717) is 37.9 Å². The fourth-order valence-electron chi connectivity index (χ4n) is 2.71. The zero-order valence-electron chi connectivity index (χ0n) is 16.8. The molecule has 0 radical (unpaired) electrons. The van der Waals surface area contributed by atoms with Gasteiger partial charge in [-0.25, -0.2) is 4.68 Å². The van der Waals surface area contributed by atoms with Gasteiger partial charge < -0.3 is 20.1 Å². The second-order valence-electron chi connectivity index (χ2n) is 6.79. The molecule has 0 unspecified atom stereocenters. The SMILES string of the molecule is CCOC(Cn1cc(C(=O)NCc2ccc(C(=O)NC3CC3)cc2)nn1)OCC. The lowest BCUT2D eigenvalue weighted by molar-refractivity contribution is -0.145. The molecule has 1 heterocycles. The van der Waals surface area contributed by atoms with E-state index in [2.05, 4.69) is 20.9 Å². The summed E-state index contributed by atoms with van der Waals surface area (Å²) in [5.74, 6) is -0.381. The van der Waals surface area contributed by atoms with Crippen LogP contribution in [-0.4, -0.2) is 52.4 Å². The Kier molecular flexibility index (Phi) is 7.31. The maximum atomic E-state index is 12.3. The van der Waals surface area contributed by atoms with Crippen LogP contribution in [0.1, 0.15) is 53.1 Å². The van der Waals surface area contributed by atoms with Crippen molar-refractivity contribution in [3.05, 3.63) is 47.3 Å². The van der Waals surface area contributed by atoms with Gasteiger partial charge in [0, 0.05) is 31.4 Å². The summed E-state index contributed by atoms with van der Waals surface area (Å²) in [5, 5.41) is 13.6. The maximum Gasteiger partial charge on any atom is 0.273 e. The molecule has 1 aromatic carbocycles. The number of amides is 2. The van der Waals surface area contributed by atoms with Crippen molar-refractivity contribution in [2.24, 2.45) is 0 Å². The molecule has 2 aromatic rings. The third-order valence-electron chi connectivity index (χ3n) is 4.39. The van der Waals surface area contributed by atoms with Crippen molar-refractivity contribution in [2.45, 2.75) is 52.1 Å². The monoisotopic (exact) mass is 401 g/mol. The first-order chi connectivity index (χ1) is 14.1. The van der Waals surface area contributed by atoms with Gasteiger partial charge in [-0.05, 0) is 44.4 Å². The van der Waals surface area contributed by atoms with E-state index in [4.69, 9.17) is 9.47 Å². The molecule has 9 nitrogen and oxygen atoms in total. The lowest BCUT2D eigenvalue weighted by Crippen LogP contribution is -2.25. The molecule has 1 aromatic heterocycles. The van der Waals surface area contributed by atoms with Crippen molar-refractivity contribution in [3.8, 4) is 0 Å². The number of hydrogen-bond donors (Lipinski definition) is 2. The third kappa shape index (κ3) is 6.37. The van der Waals surface area contributed by atoms with Crippen molar-refractivity contribution < 1.29 is 19.1 Å². The van der Waals surface area contributed by atoms with Crippen LogP contribution in [-0.2, 0) is 22.6 Å². The van der Waals surface area contributed by atoms with E-state index < -0.39 is 6.29 Å². The number of hydrogen-bond acceptors (Lipinski definition) is 6. The number of carbonyl (C=O) groups is 2. The average Bonchev–Trinajstić information content (AvgIpc) is 3.41. The second kappa shape index (κ2) is 10.1. The summed E-state index contributed by atoms with van der Waals surface area (Å²) in [5.41, 5.74) is 1.73. The van der Waals surface area contributed by atoms with E-state index in [-0.39, 0.29) is 17.5 Å². The minimum atomic E-state index is -0.432. The Morgan fingerprint density at radius 2 is 1.83 bits per heavy atom. The van der Waals surface area contributed by atoms with Crippen molar-refractivity contribution in [3.63, 3.8) is 0 Å². The molecule has 0 aliphatic heterocycles. The number of rotatable bonds is 11. The van der Waals surface area contributed by atoms with Gasteiger partial charge in [-0.3, -0.25) is 9.59 Å². The lowest BCUT2D eigenvalue weighted by atomic mass is 10.1. The van der Waals surface area contributed by atoms with E-state index in [9.17, 15) is 9.59 Å². The first-order valence-electron chi connectivity index (χ1n) is 9.90. The van der Waals surface area contributed by atoms with Gasteiger partial charge in [-0.2, -0.15) is 0 Å². The lowest BCUT2D eigenvalue weighted by Gasteiger charge is -2.16. The van der Waals surface area contributed by atoms with Crippen LogP contribution in [0.2, 0.25) is 0 Å². The Bertz CT molecular complexity index is 811. The molecule has 0 spiro atoms. The predicted molar refractivity (Wildman–Crippen MR) is 105 cm³/mol. The second-order valence-corrected chi connectivity index (χ2v) is 6.79. The zero-order valence-corrected chi connectivity index (χ0v) is 16.8. The summed E-state index contributed by atoms with van der Waals surface area (Å²) >= 11 is 0.